The van der Waals surface area contributed by atoms with Gasteiger partial charge in [0.15, 0.2) is 0 Å². The van der Waals surface area contributed by atoms with Gasteiger partial charge in [0.2, 0.25) is 0 Å². The van der Waals surface area contributed by atoms with Gasteiger partial charge in [-0.1, -0.05) is 20.8 Å². The van der Waals surface area contributed by atoms with Crippen LogP contribution < -0.4 is 0 Å². The van der Waals surface area contributed by atoms with Gasteiger partial charge in [-0.15, -0.1) is 0 Å². The summed E-state index contributed by atoms with van der Waals surface area (Å²) in [6, 6.07) is 0.913. The third-order valence-corrected chi connectivity index (χ3v) is 9.10. The van der Waals surface area contributed by atoms with Crippen molar-refractivity contribution in [1.82, 2.24) is 14.7 Å². The Hall–Kier alpha value is -0.120. The van der Waals surface area contributed by atoms with E-state index < -0.39 is 0 Å². The summed E-state index contributed by atoms with van der Waals surface area (Å²) in [6.45, 7) is 23.7. The first kappa shape index (κ1) is 22.1. The second-order valence-electron chi connectivity index (χ2n) is 13.6. The van der Waals surface area contributed by atoms with Crippen LogP contribution in [0.5, 0.6) is 0 Å². The van der Waals surface area contributed by atoms with Crippen LogP contribution in [0.4, 0.5) is 0 Å². The van der Waals surface area contributed by atoms with Crippen molar-refractivity contribution < 1.29 is 0 Å². The van der Waals surface area contributed by atoms with Gasteiger partial charge in [-0.3, -0.25) is 4.90 Å². The van der Waals surface area contributed by atoms with E-state index in [1.54, 1.807) is 0 Å². The molecule has 0 unspecified atom stereocenters. The molecule has 0 aromatic carbocycles. The molecule has 4 aliphatic rings. The molecular formula is C26H49N3. The van der Waals surface area contributed by atoms with Gasteiger partial charge in [0, 0.05) is 18.1 Å². The molecule has 3 nitrogen and oxygen atoms in total. The number of piperidine rings is 3. The molecule has 0 amide bonds. The number of hydrogen-bond donors (Lipinski definition) is 0. The van der Waals surface area contributed by atoms with E-state index in [1.165, 1.54) is 97.2 Å². The lowest BCUT2D eigenvalue weighted by atomic mass is 9.59. The van der Waals surface area contributed by atoms with Gasteiger partial charge in [-0.05, 0) is 128 Å². The minimum Gasteiger partial charge on any atom is -0.303 e. The highest BCUT2D eigenvalue weighted by molar-refractivity contribution is 5.03. The molecule has 0 aromatic rings. The first-order valence-corrected chi connectivity index (χ1v) is 12.7. The van der Waals surface area contributed by atoms with E-state index in [9.17, 15) is 0 Å². The summed E-state index contributed by atoms with van der Waals surface area (Å²) in [6.07, 6.45) is 11.7. The predicted molar refractivity (Wildman–Crippen MR) is 124 cm³/mol. The van der Waals surface area contributed by atoms with E-state index in [0.717, 1.165) is 6.04 Å². The fourth-order valence-electron chi connectivity index (χ4n) is 6.98. The predicted octanol–water partition coefficient (Wildman–Crippen LogP) is 5.25. The Bertz CT molecular complexity index is 535. The van der Waals surface area contributed by atoms with Gasteiger partial charge < -0.3 is 9.80 Å². The maximum atomic E-state index is 2.90. The van der Waals surface area contributed by atoms with Crippen LogP contribution in [0.15, 0.2) is 0 Å². The molecule has 3 saturated heterocycles. The molecular weight excluding hydrogens is 354 g/mol. The van der Waals surface area contributed by atoms with E-state index in [-0.39, 0.29) is 0 Å². The summed E-state index contributed by atoms with van der Waals surface area (Å²) in [7, 11) is 0. The van der Waals surface area contributed by atoms with Crippen molar-refractivity contribution in [3.63, 3.8) is 0 Å². The highest BCUT2D eigenvalue weighted by atomic mass is 15.2. The molecule has 0 radical (unpaired) electrons. The Balaban J connectivity index is 1.19. The van der Waals surface area contributed by atoms with Crippen molar-refractivity contribution in [1.29, 1.82) is 0 Å². The van der Waals surface area contributed by atoms with E-state index >= 15 is 0 Å². The molecule has 168 valence electrons. The summed E-state index contributed by atoms with van der Waals surface area (Å²) in [4.78, 5) is 8.34. The normalized spacial score (nSPS) is 30.0. The van der Waals surface area contributed by atoms with Crippen LogP contribution in [-0.2, 0) is 0 Å². The smallest absolute Gasteiger partial charge is 0.0125 e. The van der Waals surface area contributed by atoms with Crippen LogP contribution in [0.3, 0.4) is 0 Å². The fourth-order valence-corrected chi connectivity index (χ4v) is 6.98. The summed E-state index contributed by atoms with van der Waals surface area (Å²) in [5, 5.41) is 0. The Morgan fingerprint density at radius 3 is 1.62 bits per heavy atom. The van der Waals surface area contributed by atoms with Gasteiger partial charge in [-0.25, -0.2) is 0 Å². The van der Waals surface area contributed by atoms with Crippen LogP contribution in [0.1, 0.15) is 92.9 Å². The average Bonchev–Trinajstić information content (AvgIpc) is 2.60. The molecule has 4 rings (SSSR count). The average molecular weight is 404 g/mol. The molecule has 1 aliphatic carbocycles. The minimum absolute atomic E-state index is 0.352. The molecule has 0 N–H and O–H groups in total. The molecule has 1 saturated carbocycles. The lowest BCUT2D eigenvalue weighted by Crippen LogP contribution is -2.58. The van der Waals surface area contributed by atoms with Crippen molar-refractivity contribution in [2.45, 2.75) is 104 Å². The first-order chi connectivity index (χ1) is 13.5. The zero-order valence-corrected chi connectivity index (χ0v) is 20.5. The van der Waals surface area contributed by atoms with E-state index in [4.69, 9.17) is 0 Å². The van der Waals surface area contributed by atoms with Gasteiger partial charge in [-0.2, -0.15) is 0 Å². The van der Waals surface area contributed by atoms with Crippen molar-refractivity contribution in [3.05, 3.63) is 0 Å². The fraction of sp³-hybridized carbons (Fsp3) is 1.00. The molecule has 2 spiro atoms. The van der Waals surface area contributed by atoms with Gasteiger partial charge in [0.1, 0.15) is 0 Å². The van der Waals surface area contributed by atoms with Crippen molar-refractivity contribution in [2.24, 2.45) is 16.2 Å². The van der Waals surface area contributed by atoms with Gasteiger partial charge >= 0.3 is 0 Å². The minimum atomic E-state index is 0.352. The molecule has 0 atom stereocenters. The third kappa shape index (κ3) is 5.04. The van der Waals surface area contributed by atoms with Crippen LogP contribution in [0.25, 0.3) is 0 Å². The number of rotatable bonds is 2. The zero-order valence-electron chi connectivity index (χ0n) is 20.5. The number of hydrogen-bond acceptors (Lipinski definition) is 3. The summed E-state index contributed by atoms with van der Waals surface area (Å²) < 4.78 is 0. The molecule has 4 fully saturated rings. The highest BCUT2D eigenvalue weighted by Crippen LogP contribution is 2.52. The Morgan fingerprint density at radius 2 is 1.14 bits per heavy atom. The summed E-state index contributed by atoms with van der Waals surface area (Å²) in [5.74, 6) is 0. The van der Waals surface area contributed by atoms with Gasteiger partial charge in [0.25, 0.3) is 0 Å². The van der Waals surface area contributed by atoms with E-state index in [1.807, 2.05) is 0 Å². The van der Waals surface area contributed by atoms with Crippen molar-refractivity contribution >= 4 is 0 Å². The van der Waals surface area contributed by atoms with Gasteiger partial charge in [0.05, 0.1) is 0 Å². The topological polar surface area (TPSA) is 9.72 Å². The second kappa shape index (κ2) is 7.78. The molecule has 0 aromatic heterocycles. The van der Waals surface area contributed by atoms with Crippen LogP contribution in [-0.4, -0.2) is 72.1 Å². The maximum absolute atomic E-state index is 2.90. The monoisotopic (exact) mass is 403 g/mol. The zero-order chi connectivity index (χ0) is 20.9. The largest absolute Gasteiger partial charge is 0.303 e. The second-order valence-corrected chi connectivity index (χ2v) is 13.6. The van der Waals surface area contributed by atoms with E-state index in [2.05, 4.69) is 56.2 Å². The number of nitrogens with zero attached hydrogens (tertiary/aromatic N) is 3. The standard InChI is InChI=1S/C26H49N3/c1-23(2,3)21-27-13-7-26(8-14-27)19-22(20-26)28-15-9-25(10-16-28)11-17-29(18-12-25)24(4,5)6/h22H,7-21H2,1-6H3. The third-order valence-electron chi connectivity index (χ3n) is 9.10. The maximum Gasteiger partial charge on any atom is 0.0125 e. The lowest BCUT2D eigenvalue weighted by molar-refractivity contribution is -0.0723. The lowest BCUT2D eigenvalue weighted by Gasteiger charge is -2.58. The van der Waals surface area contributed by atoms with Crippen molar-refractivity contribution in [2.75, 3.05) is 45.8 Å². The SMILES string of the molecule is CC(C)(C)CN1CCC2(CC1)CC(N1CCC3(CC1)CCN(C(C)(C)C)CC3)C2. The molecule has 3 heteroatoms. The van der Waals surface area contributed by atoms with Crippen molar-refractivity contribution in [3.8, 4) is 0 Å². The van der Waals surface area contributed by atoms with Crippen LogP contribution >= 0.6 is 0 Å². The summed E-state index contributed by atoms with van der Waals surface area (Å²) in [5.41, 5.74) is 2.19. The number of likely N-dealkylation sites (tertiary alicyclic amines) is 3. The highest BCUT2D eigenvalue weighted by Gasteiger charge is 2.49. The molecule has 3 heterocycles. The molecule has 0 bridgehead atoms. The molecule has 29 heavy (non-hydrogen) atoms. The molecule has 3 aliphatic heterocycles. The summed E-state index contributed by atoms with van der Waals surface area (Å²) >= 11 is 0. The Morgan fingerprint density at radius 1 is 0.655 bits per heavy atom. The first-order valence-electron chi connectivity index (χ1n) is 12.7. The van der Waals surface area contributed by atoms with E-state index in [0.29, 0.717) is 21.8 Å². The Labute approximate surface area is 181 Å². The quantitative estimate of drug-likeness (QED) is 0.623. The van der Waals surface area contributed by atoms with Crippen LogP contribution in [0.2, 0.25) is 0 Å². The Kier molecular flexibility index (Phi) is 5.93. The van der Waals surface area contributed by atoms with Crippen LogP contribution in [0, 0.1) is 16.2 Å².